The van der Waals surface area contributed by atoms with Crippen molar-refractivity contribution in [2.24, 2.45) is 0 Å². The zero-order chi connectivity index (χ0) is 24.6. The first-order chi connectivity index (χ1) is 15.5. The standard InChI is InChI=1S/C20H24ClF2N2O7P/c1-2-24(12-4-3-11-21)33(30,31-14-17-9-10-18(32-17)25(28)29)20(22,23)16-7-5-15(6-8-16)13-19(26)27/h5-10H,2-4,11-14H2,1H3,(H,26,27). The molecule has 0 saturated carbocycles. The van der Waals surface area contributed by atoms with Crippen LogP contribution in [0.3, 0.4) is 0 Å². The molecular formula is C20H24ClF2N2O7P. The van der Waals surface area contributed by atoms with Gasteiger partial charge >= 0.3 is 25.0 Å². The van der Waals surface area contributed by atoms with Gasteiger partial charge in [0.05, 0.1) is 12.5 Å². The average Bonchev–Trinajstić information content (AvgIpc) is 3.24. The smallest absolute Gasteiger partial charge is 0.433 e. The molecule has 2 rings (SSSR count). The summed E-state index contributed by atoms with van der Waals surface area (Å²) in [6.45, 7) is 0.875. The summed E-state index contributed by atoms with van der Waals surface area (Å²) in [6, 6.07) is 6.70. The summed E-state index contributed by atoms with van der Waals surface area (Å²) in [6.07, 6.45) is 0.555. The fourth-order valence-electron chi connectivity index (χ4n) is 3.06. The number of nitrogens with zero attached hydrogens (tertiary/aromatic N) is 2. The monoisotopic (exact) mass is 508 g/mol. The van der Waals surface area contributed by atoms with E-state index in [4.69, 9.17) is 25.6 Å². The van der Waals surface area contributed by atoms with Crippen molar-refractivity contribution in [3.05, 3.63) is 63.4 Å². The summed E-state index contributed by atoms with van der Waals surface area (Å²) in [7, 11) is -4.91. The first kappa shape index (κ1) is 26.9. The number of aliphatic carboxylic acids is 1. The highest BCUT2D eigenvalue weighted by Gasteiger charge is 2.56. The normalized spacial score (nSPS) is 13.7. The Balaban J connectivity index is 2.38. The van der Waals surface area contributed by atoms with Crippen LogP contribution in [-0.2, 0) is 32.6 Å². The number of carbonyl (C=O) groups is 1. The lowest BCUT2D eigenvalue weighted by molar-refractivity contribution is -0.402. The molecule has 0 aliphatic heterocycles. The van der Waals surface area contributed by atoms with Crippen LogP contribution >= 0.6 is 19.1 Å². The van der Waals surface area contributed by atoms with Gasteiger partial charge < -0.3 is 14.0 Å². The van der Waals surface area contributed by atoms with Gasteiger partial charge in [0.2, 0.25) is 0 Å². The van der Waals surface area contributed by atoms with Crippen molar-refractivity contribution in [3.63, 3.8) is 0 Å². The van der Waals surface area contributed by atoms with Crippen LogP contribution in [0.4, 0.5) is 14.7 Å². The Kier molecular flexibility index (Phi) is 9.54. The molecule has 1 aromatic carbocycles. The van der Waals surface area contributed by atoms with Gasteiger partial charge in [0, 0.05) is 24.5 Å². The molecule has 0 fully saturated rings. The highest BCUT2D eigenvalue weighted by atomic mass is 35.5. The van der Waals surface area contributed by atoms with Crippen molar-refractivity contribution in [1.82, 2.24) is 4.67 Å². The Morgan fingerprint density at radius 1 is 1.27 bits per heavy atom. The zero-order valence-electron chi connectivity index (χ0n) is 17.8. The summed E-state index contributed by atoms with van der Waals surface area (Å²) < 4.78 is 56.4. The van der Waals surface area contributed by atoms with E-state index in [1.54, 1.807) is 6.92 Å². The highest BCUT2D eigenvalue weighted by molar-refractivity contribution is 7.57. The maximum Gasteiger partial charge on any atom is 0.433 e. The molecule has 0 radical (unpaired) electrons. The number of alkyl halides is 3. The molecule has 9 nitrogen and oxygen atoms in total. The Hall–Kier alpha value is -2.33. The van der Waals surface area contributed by atoms with Gasteiger partial charge in [-0.1, -0.05) is 31.2 Å². The third kappa shape index (κ3) is 6.60. The van der Waals surface area contributed by atoms with Crippen molar-refractivity contribution in [1.29, 1.82) is 0 Å². The van der Waals surface area contributed by atoms with Gasteiger partial charge in [0.15, 0.2) is 0 Å². The first-order valence-corrected chi connectivity index (χ1v) is 12.1. The van der Waals surface area contributed by atoms with Gasteiger partial charge in [-0.2, -0.15) is 8.78 Å². The van der Waals surface area contributed by atoms with Crippen LogP contribution in [0.25, 0.3) is 0 Å². The van der Waals surface area contributed by atoms with E-state index in [0.717, 1.165) is 22.9 Å². The Bertz CT molecular complexity index is 1000. The molecule has 1 unspecified atom stereocenters. The molecule has 0 aliphatic rings. The molecule has 182 valence electrons. The van der Waals surface area contributed by atoms with Crippen molar-refractivity contribution < 1.29 is 37.1 Å². The minimum atomic E-state index is -4.91. The minimum absolute atomic E-state index is 0.0193. The Morgan fingerprint density at radius 3 is 2.45 bits per heavy atom. The quantitative estimate of drug-likeness (QED) is 0.115. The molecule has 1 atom stereocenters. The molecule has 1 aromatic heterocycles. The predicted octanol–water partition coefficient (Wildman–Crippen LogP) is 5.62. The van der Waals surface area contributed by atoms with Crippen molar-refractivity contribution in [2.75, 3.05) is 19.0 Å². The highest BCUT2D eigenvalue weighted by Crippen LogP contribution is 2.68. The van der Waals surface area contributed by atoms with Gasteiger partial charge in [-0.15, -0.1) is 11.6 Å². The molecule has 0 aliphatic carbocycles. The lowest BCUT2D eigenvalue weighted by atomic mass is 10.1. The lowest BCUT2D eigenvalue weighted by Gasteiger charge is -2.35. The predicted molar refractivity (Wildman–Crippen MR) is 117 cm³/mol. The van der Waals surface area contributed by atoms with E-state index in [2.05, 4.69) is 0 Å². The number of rotatable bonds is 14. The number of furan rings is 1. The van der Waals surface area contributed by atoms with Crippen LogP contribution in [0.15, 0.2) is 40.8 Å². The Labute approximate surface area is 193 Å². The molecule has 0 bridgehead atoms. The number of nitro groups is 1. The molecular weight excluding hydrogens is 485 g/mol. The second-order valence-corrected chi connectivity index (χ2v) is 9.85. The molecule has 1 N–H and O–H groups in total. The molecule has 33 heavy (non-hydrogen) atoms. The molecule has 0 amide bonds. The summed E-state index contributed by atoms with van der Waals surface area (Å²) in [5.41, 5.74) is -4.28. The molecule has 0 saturated heterocycles. The van der Waals surface area contributed by atoms with E-state index in [0.29, 0.717) is 24.3 Å². The fourth-order valence-corrected chi connectivity index (χ4v) is 5.48. The van der Waals surface area contributed by atoms with Crippen LogP contribution in [0.5, 0.6) is 0 Å². The van der Waals surface area contributed by atoms with Crippen LogP contribution in [0, 0.1) is 10.1 Å². The van der Waals surface area contributed by atoms with E-state index in [1.807, 2.05) is 0 Å². The van der Waals surface area contributed by atoms with Gasteiger partial charge in [-0.3, -0.25) is 19.5 Å². The second-order valence-electron chi connectivity index (χ2n) is 7.04. The van der Waals surface area contributed by atoms with Gasteiger partial charge in [0.1, 0.15) is 17.3 Å². The lowest BCUT2D eigenvalue weighted by Crippen LogP contribution is -2.31. The third-order valence-electron chi connectivity index (χ3n) is 4.76. The van der Waals surface area contributed by atoms with E-state index in [1.165, 1.54) is 18.2 Å². The van der Waals surface area contributed by atoms with Crippen molar-refractivity contribution in [3.8, 4) is 0 Å². The van der Waals surface area contributed by atoms with Gasteiger partial charge in [0.25, 0.3) is 0 Å². The largest absolute Gasteiger partial charge is 0.481 e. The number of halogens is 3. The summed E-state index contributed by atoms with van der Waals surface area (Å²) >= 11 is 5.67. The maximum absolute atomic E-state index is 15.7. The second kappa shape index (κ2) is 11.7. The summed E-state index contributed by atoms with van der Waals surface area (Å²) in [4.78, 5) is 20.9. The number of benzene rings is 1. The average molecular weight is 509 g/mol. The third-order valence-corrected chi connectivity index (χ3v) is 7.70. The van der Waals surface area contributed by atoms with E-state index in [9.17, 15) is 19.5 Å². The van der Waals surface area contributed by atoms with Crippen LogP contribution < -0.4 is 0 Å². The number of carboxylic acids is 1. The van der Waals surface area contributed by atoms with E-state index in [-0.39, 0.29) is 25.3 Å². The minimum Gasteiger partial charge on any atom is -0.481 e. The fraction of sp³-hybridized carbons (Fsp3) is 0.450. The van der Waals surface area contributed by atoms with Crippen molar-refractivity contribution >= 4 is 31.0 Å². The Morgan fingerprint density at radius 2 is 1.94 bits per heavy atom. The summed E-state index contributed by atoms with van der Waals surface area (Å²) in [5.74, 6) is -1.54. The molecule has 13 heteroatoms. The zero-order valence-corrected chi connectivity index (χ0v) is 19.4. The SMILES string of the molecule is CCN(CCCCCl)P(=O)(OCc1ccc([N+](=O)[O-])o1)C(F)(F)c1ccc(CC(=O)O)cc1. The van der Waals surface area contributed by atoms with Gasteiger partial charge in [-0.25, -0.2) is 4.67 Å². The van der Waals surface area contributed by atoms with Crippen LogP contribution in [0.2, 0.25) is 0 Å². The number of hydrogen-bond acceptors (Lipinski definition) is 6. The molecule has 1 heterocycles. The van der Waals surface area contributed by atoms with E-state index >= 15 is 8.78 Å². The molecule has 2 aromatic rings. The number of hydrogen-bond donors (Lipinski definition) is 1. The molecule has 0 spiro atoms. The van der Waals surface area contributed by atoms with Crippen LogP contribution in [0.1, 0.15) is 36.7 Å². The first-order valence-electron chi connectivity index (χ1n) is 10.0. The number of unbranched alkanes of at least 4 members (excludes halogenated alkanes) is 1. The van der Waals surface area contributed by atoms with Gasteiger partial charge in [-0.05, 0) is 24.5 Å². The van der Waals surface area contributed by atoms with E-state index < -0.39 is 42.1 Å². The maximum atomic E-state index is 15.7. The van der Waals surface area contributed by atoms with Crippen molar-refractivity contribution in [2.45, 2.75) is 38.5 Å². The van der Waals surface area contributed by atoms with Crippen LogP contribution in [-0.4, -0.2) is 39.6 Å². The summed E-state index contributed by atoms with van der Waals surface area (Å²) in [5, 5.41) is 19.7. The topological polar surface area (TPSA) is 123 Å². The number of carboxylic acid groups (broad SMARTS) is 1.